The van der Waals surface area contributed by atoms with Crippen LogP contribution in [0, 0.1) is 10.1 Å². The Morgan fingerprint density at radius 1 is 1.56 bits per heavy atom. The molecule has 0 N–H and O–H groups in total. The highest BCUT2D eigenvalue weighted by Gasteiger charge is 2.30. The van der Waals surface area contributed by atoms with Crippen molar-refractivity contribution in [3.05, 3.63) is 39.4 Å². The number of nitro benzene ring substituents is 1. The summed E-state index contributed by atoms with van der Waals surface area (Å²) in [6.45, 7) is 0.110. The molecule has 1 amide bonds. The van der Waals surface area contributed by atoms with Crippen molar-refractivity contribution in [1.82, 2.24) is 4.90 Å². The third-order valence-corrected chi connectivity index (χ3v) is 2.73. The molecule has 0 saturated carbocycles. The van der Waals surface area contributed by atoms with E-state index in [0.29, 0.717) is 5.56 Å². The van der Waals surface area contributed by atoms with Gasteiger partial charge in [0.1, 0.15) is 6.54 Å². The molecule has 7 heteroatoms. The minimum absolute atomic E-state index is 0.137. The number of carbonyl (C=O) groups is 2. The second-order valence-electron chi connectivity index (χ2n) is 3.84. The molecule has 0 fully saturated rings. The van der Waals surface area contributed by atoms with Crippen LogP contribution in [0.3, 0.4) is 0 Å². The summed E-state index contributed by atoms with van der Waals surface area (Å²) in [4.78, 5) is 34.4. The molecular weight excluding hydrogens is 240 g/mol. The largest absolute Gasteiger partial charge is 0.468 e. The molecule has 0 unspecified atom stereocenters. The monoisotopic (exact) mass is 250 g/mol. The molecule has 94 valence electrons. The summed E-state index contributed by atoms with van der Waals surface area (Å²) in [5, 5.41) is 10.6. The number of ether oxygens (including phenoxy) is 1. The average Bonchev–Trinajstić information content (AvgIpc) is 2.66. The van der Waals surface area contributed by atoms with Gasteiger partial charge >= 0.3 is 5.97 Å². The van der Waals surface area contributed by atoms with Gasteiger partial charge in [0.2, 0.25) is 0 Å². The second kappa shape index (κ2) is 4.44. The summed E-state index contributed by atoms with van der Waals surface area (Å²) in [5.74, 6) is -0.912. The number of nitro groups is 1. The van der Waals surface area contributed by atoms with E-state index in [1.807, 2.05) is 0 Å². The zero-order valence-corrected chi connectivity index (χ0v) is 9.58. The van der Waals surface area contributed by atoms with Crippen molar-refractivity contribution in [2.45, 2.75) is 6.54 Å². The van der Waals surface area contributed by atoms with E-state index < -0.39 is 10.9 Å². The van der Waals surface area contributed by atoms with Gasteiger partial charge in [-0.1, -0.05) is 0 Å². The molecule has 2 rings (SSSR count). The number of carbonyl (C=O) groups excluding carboxylic acids is 2. The van der Waals surface area contributed by atoms with Crippen molar-refractivity contribution in [3.63, 3.8) is 0 Å². The maximum atomic E-state index is 11.9. The van der Waals surface area contributed by atoms with Crippen LogP contribution >= 0.6 is 0 Å². The van der Waals surface area contributed by atoms with Gasteiger partial charge in [-0.05, 0) is 11.6 Å². The van der Waals surface area contributed by atoms with Crippen LogP contribution in [0.15, 0.2) is 18.2 Å². The number of amides is 1. The number of nitrogens with zero attached hydrogens (tertiary/aromatic N) is 2. The number of methoxy groups -OCH3 is 1. The molecule has 7 nitrogen and oxygen atoms in total. The minimum Gasteiger partial charge on any atom is -0.468 e. The SMILES string of the molecule is COC(=O)CN1Cc2ccc([N+](=O)[O-])cc2C1=O. The van der Waals surface area contributed by atoms with Crippen molar-refractivity contribution >= 4 is 17.6 Å². The molecule has 18 heavy (non-hydrogen) atoms. The zero-order valence-electron chi connectivity index (χ0n) is 9.58. The molecular formula is C11H10N2O5. The lowest BCUT2D eigenvalue weighted by molar-refractivity contribution is -0.384. The lowest BCUT2D eigenvalue weighted by Crippen LogP contribution is -2.30. The number of rotatable bonds is 3. The Balaban J connectivity index is 2.25. The van der Waals surface area contributed by atoms with Gasteiger partial charge in [0.25, 0.3) is 11.6 Å². The molecule has 0 bridgehead atoms. The number of hydrogen-bond donors (Lipinski definition) is 0. The first kappa shape index (κ1) is 12.0. The van der Waals surface area contributed by atoms with Crippen LogP contribution in [0.5, 0.6) is 0 Å². The average molecular weight is 250 g/mol. The highest BCUT2D eigenvalue weighted by molar-refractivity contribution is 6.00. The van der Waals surface area contributed by atoms with Gasteiger partial charge in [-0.15, -0.1) is 0 Å². The van der Waals surface area contributed by atoms with Crippen LogP contribution in [0.25, 0.3) is 0 Å². The van der Waals surface area contributed by atoms with E-state index in [1.54, 1.807) is 0 Å². The normalized spacial score (nSPS) is 13.4. The predicted molar refractivity (Wildman–Crippen MR) is 59.9 cm³/mol. The van der Waals surface area contributed by atoms with E-state index in [0.717, 1.165) is 0 Å². The van der Waals surface area contributed by atoms with Crippen LogP contribution in [0.4, 0.5) is 5.69 Å². The fourth-order valence-electron chi connectivity index (χ4n) is 1.81. The Bertz CT molecular complexity index is 540. The van der Waals surface area contributed by atoms with E-state index in [1.165, 1.54) is 30.2 Å². The van der Waals surface area contributed by atoms with E-state index in [4.69, 9.17) is 0 Å². The van der Waals surface area contributed by atoms with Crippen LogP contribution in [-0.2, 0) is 16.1 Å². The first-order chi connectivity index (χ1) is 8.52. The van der Waals surface area contributed by atoms with E-state index in [-0.39, 0.29) is 30.2 Å². The molecule has 1 aliphatic heterocycles. The number of fused-ring (bicyclic) bond motifs is 1. The Morgan fingerprint density at radius 2 is 2.28 bits per heavy atom. The Labute approximate surface area is 102 Å². The Morgan fingerprint density at radius 3 is 2.89 bits per heavy atom. The van der Waals surface area contributed by atoms with Gasteiger partial charge in [0, 0.05) is 18.7 Å². The zero-order chi connectivity index (χ0) is 13.3. The van der Waals surface area contributed by atoms with Gasteiger partial charge in [-0.2, -0.15) is 0 Å². The third kappa shape index (κ3) is 2.02. The lowest BCUT2D eigenvalue weighted by atomic mass is 10.1. The van der Waals surface area contributed by atoms with Crippen LogP contribution in [0.2, 0.25) is 0 Å². The summed E-state index contributed by atoms with van der Waals surface area (Å²) in [7, 11) is 1.24. The number of esters is 1. The van der Waals surface area contributed by atoms with Crippen LogP contribution < -0.4 is 0 Å². The van der Waals surface area contributed by atoms with Crippen molar-refractivity contribution in [2.75, 3.05) is 13.7 Å². The smallest absolute Gasteiger partial charge is 0.325 e. The fraction of sp³-hybridized carbons (Fsp3) is 0.273. The summed E-state index contributed by atoms with van der Waals surface area (Å²) in [6, 6.07) is 4.10. The van der Waals surface area contributed by atoms with Gasteiger partial charge in [0.15, 0.2) is 0 Å². The second-order valence-corrected chi connectivity index (χ2v) is 3.84. The molecule has 1 aliphatic rings. The number of non-ortho nitro benzene ring substituents is 1. The van der Waals surface area contributed by atoms with Crippen molar-refractivity contribution in [3.8, 4) is 0 Å². The minimum atomic E-state index is -0.559. The topological polar surface area (TPSA) is 89.8 Å². The van der Waals surface area contributed by atoms with Crippen molar-refractivity contribution in [1.29, 1.82) is 0 Å². The highest BCUT2D eigenvalue weighted by atomic mass is 16.6. The maximum Gasteiger partial charge on any atom is 0.325 e. The van der Waals surface area contributed by atoms with Crippen molar-refractivity contribution in [2.24, 2.45) is 0 Å². The molecule has 0 spiro atoms. The highest BCUT2D eigenvalue weighted by Crippen LogP contribution is 2.26. The maximum absolute atomic E-state index is 11.9. The quantitative estimate of drug-likeness (QED) is 0.448. The van der Waals surface area contributed by atoms with Gasteiger partial charge in [-0.3, -0.25) is 19.7 Å². The summed E-state index contributed by atoms with van der Waals surface area (Å²) < 4.78 is 4.48. The van der Waals surface area contributed by atoms with Crippen LogP contribution in [0.1, 0.15) is 15.9 Å². The molecule has 0 aliphatic carbocycles. The standard InChI is InChI=1S/C11H10N2O5/c1-18-10(14)6-12-5-7-2-3-8(13(16)17)4-9(7)11(12)15/h2-4H,5-6H2,1H3. The van der Waals surface area contributed by atoms with E-state index in [9.17, 15) is 19.7 Å². The lowest BCUT2D eigenvalue weighted by Gasteiger charge is -2.12. The molecule has 0 aromatic heterocycles. The van der Waals surface area contributed by atoms with Gasteiger partial charge < -0.3 is 9.64 Å². The molecule has 0 radical (unpaired) electrons. The first-order valence-electron chi connectivity index (χ1n) is 5.16. The predicted octanol–water partition coefficient (Wildman–Crippen LogP) is 0.724. The van der Waals surface area contributed by atoms with Crippen LogP contribution in [-0.4, -0.2) is 35.4 Å². The molecule has 1 heterocycles. The Hall–Kier alpha value is -2.44. The molecule has 1 aromatic rings. The van der Waals surface area contributed by atoms with Gasteiger partial charge in [-0.25, -0.2) is 0 Å². The third-order valence-electron chi connectivity index (χ3n) is 2.73. The number of benzene rings is 1. The van der Waals surface area contributed by atoms with E-state index >= 15 is 0 Å². The molecule has 0 atom stereocenters. The summed E-state index contributed by atoms with van der Waals surface area (Å²) in [6.07, 6.45) is 0. The fourth-order valence-corrected chi connectivity index (χ4v) is 1.81. The van der Waals surface area contributed by atoms with E-state index in [2.05, 4.69) is 4.74 Å². The molecule has 1 aromatic carbocycles. The Kier molecular flexibility index (Phi) is 2.97. The summed E-state index contributed by atoms with van der Waals surface area (Å²) in [5.41, 5.74) is 0.810. The first-order valence-corrected chi connectivity index (χ1v) is 5.16. The summed E-state index contributed by atoms with van der Waals surface area (Å²) >= 11 is 0. The van der Waals surface area contributed by atoms with Crippen molar-refractivity contribution < 1.29 is 19.2 Å². The molecule has 0 saturated heterocycles. The number of hydrogen-bond acceptors (Lipinski definition) is 5. The van der Waals surface area contributed by atoms with Gasteiger partial charge in [0.05, 0.1) is 17.6 Å².